The Kier molecular flexibility index (Phi) is 6.14. The summed E-state index contributed by atoms with van der Waals surface area (Å²) in [7, 11) is 0. The lowest BCUT2D eigenvalue weighted by molar-refractivity contribution is 0.102. The molecule has 0 aromatic heterocycles. The van der Waals surface area contributed by atoms with Crippen LogP contribution >= 0.6 is 11.6 Å². The summed E-state index contributed by atoms with van der Waals surface area (Å²) in [5.74, 6) is 1.38. The van der Waals surface area contributed by atoms with E-state index in [1.54, 1.807) is 6.07 Å². The summed E-state index contributed by atoms with van der Waals surface area (Å²) < 4.78 is 5.53. The molecule has 2 atom stereocenters. The van der Waals surface area contributed by atoms with Crippen LogP contribution in [0.1, 0.15) is 32.6 Å². The maximum Gasteiger partial charge on any atom is 0.138 e. The number of nitrogens with one attached hydrogen (secondary N) is 1. The zero-order chi connectivity index (χ0) is 14.4. The van der Waals surface area contributed by atoms with Crippen molar-refractivity contribution >= 4 is 11.6 Å². The molecule has 1 aromatic carbocycles. The van der Waals surface area contributed by atoms with Crippen LogP contribution in [0.5, 0.6) is 5.75 Å². The first-order chi connectivity index (χ1) is 9.66. The van der Waals surface area contributed by atoms with Crippen LogP contribution < -0.4 is 10.1 Å². The average Bonchev–Trinajstić information content (AvgIpc) is 2.98. The van der Waals surface area contributed by atoms with Crippen LogP contribution in [0.15, 0.2) is 24.3 Å². The maximum absolute atomic E-state index is 9.96. The van der Waals surface area contributed by atoms with E-state index in [4.69, 9.17) is 16.3 Å². The van der Waals surface area contributed by atoms with Crippen LogP contribution in [0.3, 0.4) is 0 Å². The number of rotatable bonds is 7. The molecule has 20 heavy (non-hydrogen) atoms. The number of hydrogen-bond donors (Lipinski definition) is 2. The van der Waals surface area contributed by atoms with E-state index in [1.165, 1.54) is 25.7 Å². The predicted molar refractivity (Wildman–Crippen MR) is 82.4 cm³/mol. The van der Waals surface area contributed by atoms with Gasteiger partial charge in [0, 0.05) is 12.6 Å². The number of para-hydroxylation sites is 1. The van der Waals surface area contributed by atoms with Crippen molar-refractivity contribution < 1.29 is 9.84 Å². The van der Waals surface area contributed by atoms with Gasteiger partial charge in [0.05, 0.1) is 5.02 Å². The SMILES string of the molecule is C[C@@H](NCC(O)COc1ccccc1Cl)C1CCCC1. The van der Waals surface area contributed by atoms with Crippen molar-refractivity contribution in [3.63, 3.8) is 0 Å². The molecule has 1 saturated carbocycles. The van der Waals surface area contributed by atoms with Crippen LogP contribution in [0.4, 0.5) is 0 Å². The third-order valence-electron chi connectivity index (χ3n) is 4.05. The lowest BCUT2D eigenvalue weighted by Crippen LogP contribution is -2.39. The summed E-state index contributed by atoms with van der Waals surface area (Å²) in [5, 5.41) is 14.0. The second-order valence-corrected chi connectivity index (χ2v) is 6.04. The first kappa shape index (κ1) is 15.6. The number of hydrogen-bond acceptors (Lipinski definition) is 3. The smallest absolute Gasteiger partial charge is 0.138 e. The van der Waals surface area contributed by atoms with Crippen molar-refractivity contribution in [2.75, 3.05) is 13.2 Å². The lowest BCUT2D eigenvalue weighted by Gasteiger charge is -2.22. The molecule has 4 heteroatoms. The molecule has 0 bridgehead atoms. The van der Waals surface area contributed by atoms with E-state index in [2.05, 4.69) is 12.2 Å². The van der Waals surface area contributed by atoms with Gasteiger partial charge in [0.2, 0.25) is 0 Å². The zero-order valence-electron chi connectivity index (χ0n) is 12.0. The van der Waals surface area contributed by atoms with Crippen LogP contribution in [0.25, 0.3) is 0 Å². The summed E-state index contributed by atoms with van der Waals surface area (Å²) in [6.45, 7) is 3.02. The summed E-state index contributed by atoms with van der Waals surface area (Å²) in [4.78, 5) is 0. The highest BCUT2D eigenvalue weighted by atomic mass is 35.5. The molecule has 0 radical (unpaired) electrons. The van der Waals surface area contributed by atoms with Gasteiger partial charge in [-0.15, -0.1) is 0 Å². The minimum absolute atomic E-state index is 0.258. The van der Waals surface area contributed by atoms with E-state index >= 15 is 0 Å². The molecule has 1 unspecified atom stereocenters. The monoisotopic (exact) mass is 297 g/mol. The van der Waals surface area contributed by atoms with Gasteiger partial charge in [-0.1, -0.05) is 36.6 Å². The van der Waals surface area contributed by atoms with Crippen LogP contribution in [-0.2, 0) is 0 Å². The molecule has 2 N–H and O–H groups in total. The Balaban J connectivity index is 1.67. The molecule has 1 aromatic rings. The van der Waals surface area contributed by atoms with Gasteiger partial charge in [-0.25, -0.2) is 0 Å². The van der Waals surface area contributed by atoms with Gasteiger partial charge >= 0.3 is 0 Å². The molecule has 112 valence electrons. The summed E-state index contributed by atoms with van der Waals surface area (Å²) in [5.41, 5.74) is 0. The fourth-order valence-corrected chi connectivity index (χ4v) is 2.94. The van der Waals surface area contributed by atoms with Crippen molar-refractivity contribution in [1.29, 1.82) is 0 Å². The molecular weight excluding hydrogens is 274 g/mol. The molecular formula is C16H24ClNO2. The highest BCUT2D eigenvalue weighted by molar-refractivity contribution is 6.32. The molecule has 0 heterocycles. The van der Waals surface area contributed by atoms with E-state index < -0.39 is 6.10 Å². The fourth-order valence-electron chi connectivity index (χ4n) is 2.75. The molecule has 0 saturated heterocycles. The fraction of sp³-hybridized carbons (Fsp3) is 0.625. The molecule has 3 nitrogen and oxygen atoms in total. The molecule has 0 aliphatic heterocycles. The van der Waals surface area contributed by atoms with E-state index in [0.29, 0.717) is 23.4 Å². The third-order valence-corrected chi connectivity index (χ3v) is 4.36. The molecule has 1 aliphatic rings. The van der Waals surface area contributed by atoms with Crippen LogP contribution in [0, 0.1) is 5.92 Å². The van der Waals surface area contributed by atoms with Crippen LogP contribution in [-0.4, -0.2) is 30.4 Å². The summed E-state index contributed by atoms with van der Waals surface area (Å²) in [6.07, 6.45) is 4.78. The van der Waals surface area contributed by atoms with Gasteiger partial charge in [0.1, 0.15) is 18.5 Å². The van der Waals surface area contributed by atoms with E-state index in [0.717, 1.165) is 5.92 Å². The zero-order valence-corrected chi connectivity index (χ0v) is 12.8. The van der Waals surface area contributed by atoms with Crippen molar-refractivity contribution in [3.8, 4) is 5.75 Å². The molecule has 0 amide bonds. The Hall–Kier alpha value is -0.770. The quantitative estimate of drug-likeness (QED) is 0.812. The van der Waals surface area contributed by atoms with E-state index in [9.17, 15) is 5.11 Å². The minimum atomic E-state index is -0.518. The third kappa shape index (κ3) is 4.65. The Morgan fingerprint density at radius 3 is 2.75 bits per heavy atom. The van der Waals surface area contributed by atoms with Gasteiger partial charge in [0.25, 0.3) is 0 Å². The van der Waals surface area contributed by atoms with Crippen LogP contribution in [0.2, 0.25) is 5.02 Å². The van der Waals surface area contributed by atoms with Gasteiger partial charge in [-0.2, -0.15) is 0 Å². The van der Waals surface area contributed by atoms with Gasteiger partial charge in [0.15, 0.2) is 0 Å². The highest BCUT2D eigenvalue weighted by Crippen LogP contribution is 2.27. The van der Waals surface area contributed by atoms with Crippen molar-refractivity contribution in [3.05, 3.63) is 29.3 Å². The largest absolute Gasteiger partial charge is 0.489 e. The van der Waals surface area contributed by atoms with Gasteiger partial charge in [-0.05, 0) is 37.8 Å². The molecule has 2 rings (SSSR count). The van der Waals surface area contributed by atoms with Gasteiger partial charge in [-0.3, -0.25) is 0 Å². The number of halogens is 1. The normalized spacial score (nSPS) is 18.9. The lowest BCUT2D eigenvalue weighted by atomic mass is 10.00. The first-order valence-electron chi connectivity index (χ1n) is 7.45. The highest BCUT2D eigenvalue weighted by Gasteiger charge is 2.21. The number of aliphatic hydroxyl groups excluding tert-OH is 1. The molecule has 1 aliphatic carbocycles. The Morgan fingerprint density at radius 1 is 1.35 bits per heavy atom. The first-order valence-corrected chi connectivity index (χ1v) is 7.83. The van der Waals surface area contributed by atoms with E-state index in [-0.39, 0.29) is 6.61 Å². The molecule has 0 spiro atoms. The number of ether oxygens (including phenoxy) is 1. The molecule has 1 fully saturated rings. The Labute approximate surface area is 126 Å². The number of benzene rings is 1. The minimum Gasteiger partial charge on any atom is -0.489 e. The maximum atomic E-state index is 9.96. The Morgan fingerprint density at radius 2 is 2.05 bits per heavy atom. The summed E-state index contributed by atoms with van der Waals surface area (Å²) in [6, 6.07) is 7.78. The predicted octanol–water partition coefficient (Wildman–Crippen LogP) is 3.25. The van der Waals surface area contributed by atoms with E-state index in [1.807, 2.05) is 18.2 Å². The Bertz CT molecular complexity index is 407. The second kappa shape index (κ2) is 7.87. The van der Waals surface area contributed by atoms with Crippen molar-refractivity contribution in [1.82, 2.24) is 5.32 Å². The van der Waals surface area contributed by atoms with Crippen molar-refractivity contribution in [2.45, 2.75) is 44.8 Å². The standard InChI is InChI=1S/C16H24ClNO2/c1-12(13-6-2-3-7-13)18-10-14(19)11-20-16-9-5-4-8-15(16)17/h4-5,8-9,12-14,18-19H,2-3,6-7,10-11H2,1H3/t12-,14?/m1/s1. The average molecular weight is 298 g/mol. The topological polar surface area (TPSA) is 41.5 Å². The van der Waals surface area contributed by atoms with Crippen molar-refractivity contribution in [2.24, 2.45) is 5.92 Å². The van der Waals surface area contributed by atoms with Gasteiger partial charge < -0.3 is 15.2 Å². The second-order valence-electron chi connectivity index (χ2n) is 5.64. The number of aliphatic hydroxyl groups is 1. The summed E-state index contributed by atoms with van der Waals surface area (Å²) >= 11 is 6.00.